The number of hydrogen-bond acceptors (Lipinski definition) is 3. The molecule has 0 saturated carbocycles. The van der Waals surface area contributed by atoms with Gasteiger partial charge in [0.2, 0.25) is 5.91 Å². The molecule has 0 spiro atoms. The van der Waals surface area contributed by atoms with E-state index in [2.05, 4.69) is 39.9 Å². The van der Waals surface area contributed by atoms with E-state index >= 15 is 0 Å². The van der Waals surface area contributed by atoms with Gasteiger partial charge in [-0.2, -0.15) is 11.8 Å². The average molecular weight is 502 g/mol. The molecular weight excluding hydrogens is 471 g/mol. The van der Waals surface area contributed by atoms with Crippen molar-refractivity contribution in [2.45, 2.75) is 43.9 Å². The predicted octanol–water partition coefficient (Wildman–Crippen LogP) is 3.03. The molecule has 150 valence electrons. The molecule has 0 aromatic heterocycles. The number of hydrogen-bond donors (Lipinski definition) is 2. The normalized spacial score (nSPS) is 19.2. The van der Waals surface area contributed by atoms with Gasteiger partial charge in [0.25, 0.3) is 0 Å². The molecule has 1 saturated heterocycles. The second kappa shape index (κ2) is 11.8. The fourth-order valence-corrected chi connectivity index (χ4v) is 4.75. The third-order valence-electron chi connectivity index (χ3n) is 5.09. The van der Waals surface area contributed by atoms with Crippen LogP contribution in [0.2, 0.25) is 0 Å². The smallest absolute Gasteiger partial charge is 0.222 e. The van der Waals surface area contributed by atoms with E-state index < -0.39 is 0 Å². The van der Waals surface area contributed by atoms with Crippen LogP contribution in [0, 0.1) is 0 Å². The summed E-state index contributed by atoms with van der Waals surface area (Å²) in [7, 11) is 1.80. The fourth-order valence-electron chi connectivity index (χ4n) is 3.55. The molecule has 1 atom stereocenters. The standard InChI is InChI=1S/C20H30N4OS.HI/c1-21-20(23-14-18-8-5-13-26-18)22-11-4-9-19(25)24-12-10-16-6-2-3-7-17(16)15-24;/h2-3,6-7,18H,4-5,8-15H2,1H3,(H2,21,22,23);1H. The van der Waals surface area contributed by atoms with Crippen LogP contribution >= 0.6 is 35.7 Å². The van der Waals surface area contributed by atoms with Crippen LogP contribution in [0.25, 0.3) is 0 Å². The monoisotopic (exact) mass is 502 g/mol. The van der Waals surface area contributed by atoms with Gasteiger partial charge in [-0.15, -0.1) is 24.0 Å². The van der Waals surface area contributed by atoms with Gasteiger partial charge in [-0.05, 0) is 42.6 Å². The van der Waals surface area contributed by atoms with Crippen LogP contribution in [0.15, 0.2) is 29.3 Å². The molecule has 0 bridgehead atoms. The molecule has 3 rings (SSSR count). The second-order valence-electron chi connectivity index (χ2n) is 6.95. The molecule has 2 aliphatic heterocycles. The summed E-state index contributed by atoms with van der Waals surface area (Å²) < 4.78 is 0. The Morgan fingerprint density at radius 1 is 1.30 bits per heavy atom. The summed E-state index contributed by atoms with van der Waals surface area (Å²) >= 11 is 2.04. The molecular formula is C20H31IN4OS. The summed E-state index contributed by atoms with van der Waals surface area (Å²) in [5.74, 6) is 2.38. The first-order valence-electron chi connectivity index (χ1n) is 9.67. The molecule has 0 radical (unpaired) electrons. The van der Waals surface area contributed by atoms with E-state index in [1.807, 2.05) is 16.7 Å². The van der Waals surface area contributed by atoms with Gasteiger partial charge in [0, 0.05) is 44.9 Å². The number of amides is 1. The van der Waals surface area contributed by atoms with Crippen molar-refractivity contribution in [3.8, 4) is 0 Å². The highest BCUT2D eigenvalue weighted by atomic mass is 127. The molecule has 27 heavy (non-hydrogen) atoms. The summed E-state index contributed by atoms with van der Waals surface area (Å²) in [5.41, 5.74) is 2.67. The Morgan fingerprint density at radius 3 is 2.85 bits per heavy atom. The highest BCUT2D eigenvalue weighted by molar-refractivity contribution is 14.0. The average Bonchev–Trinajstić information content (AvgIpc) is 3.20. The van der Waals surface area contributed by atoms with E-state index in [1.54, 1.807) is 7.05 Å². The van der Waals surface area contributed by atoms with E-state index in [9.17, 15) is 4.79 Å². The zero-order chi connectivity index (χ0) is 18.2. The molecule has 0 aliphatic carbocycles. The van der Waals surface area contributed by atoms with Crippen LogP contribution in [0.1, 0.15) is 36.8 Å². The summed E-state index contributed by atoms with van der Waals surface area (Å²) in [6.45, 7) is 3.33. The number of benzene rings is 1. The molecule has 5 nitrogen and oxygen atoms in total. The van der Waals surface area contributed by atoms with Crippen molar-refractivity contribution in [2.24, 2.45) is 4.99 Å². The Morgan fingerprint density at radius 2 is 2.11 bits per heavy atom. The van der Waals surface area contributed by atoms with Crippen LogP contribution in [0.4, 0.5) is 0 Å². The van der Waals surface area contributed by atoms with Crippen LogP contribution < -0.4 is 10.6 Å². The maximum atomic E-state index is 12.5. The first kappa shape index (κ1) is 22.3. The molecule has 2 N–H and O–H groups in total. The molecule has 2 aliphatic rings. The topological polar surface area (TPSA) is 56.7 Å². The van der Waals surface area contributed by atoms with Crippen LogP contribution in [-0.4, -0.2) is 54.5 Å². The van der Waals surface area contributed by atoms with Crippen molar-refractivity contribution < 1.29 is 4.79 Å². The molecule has 7 heteroatoms. The lowest BCUT2D eigenvalue weighted by molar-refractivity contribution is -0.132. The molecule has 1 aromatic rings. The summed E-state index contributed by atoms with van der Waals surface area (Å²) in [6, 6.07) is 8.44. The Hall–Kier alpha value is -0.960. The van der Waals surface area contributed by atoms with Crippen molar-refractivity contribution in [2.75, 3.05) is 32.4 Å². The fraction of sp³-hybridized carbons (Fsp3) is 0.600. The second-order valence-corrected chi connectivity index (χ2v) is 8.36. The molecule has 1 amide bonds. The number of nitrogens with one attached hydrogen (secondary N) is 2. The van der Waals surface area contributed by atoms with E-state index in [0.717, 1.165) is 45.0 Å². The van der Waals surface area contributed by atoms with E-state index in [4.69, 9.17) is 0 Å². The summed E-state index contributed by atoms with van der Waals surface area (Å²) in [4.78, 5) is 18.7. The van der Waals surface area contributed by atoms with Crippen molar-refractivity contribution in [1.29, 1.82) is 0 Å². The van der Waals surface area contributed by atoms with Gasteiger partial charge in [0.05, 0.1) is 0 Å². The highest BCUT2D eigenvalue weighted by Crippen LogP contribution is 2.25. The first-order valence-corrected chi connectivity index (χ1v) is 10.7. The van der Waals surface area contributed by atoms with Crippen LogP contribution in [0.3, 0.4) is 0 Å². The van der Waals surface area contributed by atoms with Crippen LogP contribution in [0.5, 0.6) is 0 Å². The molecule has 2 heterocycles. The number of carbonyl (C=O) groups is 1. The Kier molecular flexibility index (Phi) is 9.75. The van der Waals surface area contributed by atoms with Crippen molar-refractivity contribution >= 4 is 47.6 Å². The zero-order valence-corrected chi connectivity index (χ0v) is 19.2. The van der Waals surface area contributed by atoms with Gasteiger partial charge in [-0.25, -0.2) is 0 Å². The lowest BCUT2D eigenvalue weighted by Gasteiger charge is -2.29. The lowest BCUT2D eigenvalue weighted by Crippen LogP contribution is -2.41. The minimum Gasteiger partial charge on any atom is -0.356 e. The minimum atomic E-state index is 0. The van der Waals surface area contributed by atoms with Crippen molar-refractivity contribution in [1.82, 2.24) is 15.5 Å². The number of thioether (sulfide) groups is 1. The lowest BCUT2D eigenvalue weighted by atomic mass is 9.99. The third kappa shape index (κ3) is 6.85. The Balaban J connectivity index is 0.00000261. The number of nitrogens with zero attached hydrogens (tertiary/aromatic N) is 2. The van der Waals surface area contributed by atoms with E-state index in [0.29, 0.717) is 11.7 Å². The number of guanidine groups is 1. The maximum Gasteiger partial charge on any atom is 0.222 e. The molecule has 1 aromatic carbocycles. The van der Waals surface area contributed by atoms with E-state index in [-0.39, 0.29) is 29.9 Å². The third-order valence-corrected chi connectivity index (χ3v) is 6.49. The van der Waals surface area contributed by atoms with Crippen molar-refractivity contribution in [3.05, 3.63) is 35.4 Å². The molecule has 1 fully saturated rings. The number of halogens is 1. The van der Waals surface area contributed by atoms with Gasteiger partial charge in [0.15, 0.2) is 5.96 Å². The van der Waals surface area contributed by atoms with Gasteiger partial charge in [-0.3, -0.25) is 9.79 Å². The Labute approximate surface area is 184 Å². The number of rotatable bonds is 6. The van der Waals surface area contributed by atoms with Crippen LogP contribution in [-0.2, 0) is 17.8 Å². The number of aliphatic imine (C=N–C) groups is 1. The first-order chi connectivity index (χ1) is 12.8. The number of carbonyl (C=O) groups excluding carboxylic acids is 1. The minimum absolute atomic E-state index is 0. The summed E-state index contributed by atoms with van der Waals surface area (Å²) in [6.07, 6.45) is 5.00. The van der Waals surface area contributed by atoms with Gasteiger partial charge in [0.1, 0.15) is 0 Å². The molecule has 1 unspecified atom stereocenters. The van der Waals surface area contributed by atoms with Gasteiger partial charge < -0.3 is 15.5 Å². The zero-order valence-electron chi connectivity index (χ0n) is 16.1. The largest absolute Gasteiger partial charge is 0.356 e. The Bertz CT molecular complexity index is 634. The van der Waals surface area contributed by atoms with E-state index in [1.165, 1.54) is 29.7 Å². The highest BCUT2D eigenvalue weighted by Gasteiger charge is 2.20. The SMILES string of the molecule is CN=C(NCCCC(=O)N1CCc2ccccc2C1)NCC1CCCS1.I. The maximum absolute atomic E-state index is 12.5. The number of fused-ring (bicyclic) bond motifs is 1. The van der Waals surface area contributed by atoms with Crippen molar-refractivity contribution in [3.63, 3.8) is 0 Å². The predicted molar refractivity (Wildman–Crippen MR) is 125 cm³/mol. The summed E-state index contributed by atoms with van der Waals surface area (Å²) in [5, 5.41) is 7.43. The van der Waals surface area contributed by atoms with Gasteiger partial charge in [-0.1, -0.05) is 24.3 Å². The van der Waals surface area contributed by atoms with Gasteiger partial charge >= 0.3 is 0 Å². The quantitative estimate of drug-likeness (QED) is 0.272.